The van der Waals surface area contributed by atoms with E-state index in [0.717, 1.165) is 6.26 Å². The zero-order valence-electron chi connectivity index (χ0n) is 17.2. The second-order valence-electron chi connectivity index (χ2n) is 6.72. The molecule has 0 saturated carbocycles. The first-order valence-corrected chi connectivity index (χ1v) is 11.2. The van der Waals surface area contributed by atoms with E-state index in [1.54, 1.807) is 19.1 Å². The molecule has 0 radical (unpaired) electrons. The van der Waals surface area contributed by atoms with Crippen LogP contribution in [0.1, 0.15) is 35.0 Å². The highest BCUT2D eigenvalue weighted by molar-refractivity contribution is 7.92. The van der Waals surface area contributed by atoms with Crippen molar-refractivity contribution in [3.63, 3.8) is 0 Å². The summed E-state index contributed by atoms with van der Waals surface area (Å²) in [6, 6.07) is 5.94. The molecular weight excluding hydrogens is 415 g/mol. The molecule has 0 aliphatic rings. The molecule has 31 heavy (non-hydrogen) atoms. The van der Waals surface area contributed by atoms with Crippen molar-refractivity contribution in [3.05, 3.63) is 70.7 Å². The van der Waals surface area contributed by atoms with Crippen LogP contribution in [-0.2, 0) is 16.4 Å². The average molecular weight is 434 g/mol. The van der Waals surface area contributed by atoms with Crippen LogP contribution in [-0.4, -0.2) is 29.6 Å². The molecule has 2 aromatic heterocycles. The second-order valence-corrected chi connectivity index (χ2v) is 8.47. The van der Waals surface area contributed by atoms with Crippen molar-refractivity contribution in [1.82, 2.24) is 15.0 Å². The van der Waals surface area contributed by atoms with Crippen LogP contribution in [0.25, 0.3) is 11.3 Å². The molecule has 0 amide bonds. The Morgan fingerprint density at radius 2 is 1.90 bits per heavy atom. The van der Waals surface area contributed by atoms with E-state index in [0.29, 0.717) is 45.9 Å². The largest absolute Gasteiger partial charge is 0.282 e. The van der Waals surface area contributed by atoms with Gasteiger partial charge in [0.2, 0.25) is 10.0 Å². The highest BCUT2D eigenvalue weighted by Gasteiger charge is 2.15. The van der Waals surface area contributed by atoms with Crippen LogP contribution in [0, 0.1) is 36.9 Å². The number of benzene rings is 1. The molecule has 0 bridgehead atoms. The summed E-state index contributed by atoms with van der Waals surface area (Å²) in [6.07, 6.45) is 9.97. The van der Waals surface area contributed by atoms with E-state index in [1.807, 2.05) is 6.92 Å². The summed E-state index contributed by atoms with van der Waals surface area (Å²) in [5, 5.41) is 0. The number of hydrogen-bond donors (Lipinski definition) is 1. The molecule has 0 atom stereocenters. The fraction of sp³-hybridized carbons (Fsp3) is 0.174. The maximum atomic E-state index is 14.6. The van der Waals surface area contributed by atoms with E-state index in [2.05, 4.69) is 37.4 Å². The fourth-order valence-electron chi connectivity index (χ4n) is 2.86. The number of halogens is 1. The Labute approximate surface area is 181 Å². The molecular formula is C23H19FN4O2S. The van der Waals surface area contributed by atoms with Crippen LogP contribution in [0.4, 0.5) is 10.1 Å². The van der Waals surface area contributed by atoms with Crippen LogP contribution in [0.15, 0.2) is 36.8 Å². The first-order valence-electron chi connectivity index (χ1n) is 9.28. The quantitative estimate of drug-likeness (QED) is 0.637. The van der Waals surface area contributed by atoms with Crippen molar-refractivity contribution < 1.29 is 12.8 Å². The minimum Gasteiger partial charge on any atom is -0.282 e. The first-order chi connectivity index (χ1) is 14.7. The van der Waals surface area contributed by atoms with E-state index in [1.165, 1.54) is 24.7 Å². The van der Waals surface area contributed by atoms with Gasteiger partial charge >= 0.3 is 0 Å². The predicted molar refractivity (Wildman–Crippen MR) is 118 cm³/mol. The normalized spacial score (nSPS) is 10.7. The minimum absolute atomic E-state index is 0.235. The Balaban J connectivity index is 2.14. The highest BCUT2D eigenvalue weighted by atomic mass is 32.2. The van der Waals surface area contributed by atoms with Gasteiger partial charge < -0.3 is 0 Å². The molecule has 0 unspecified atom stereocenters. The summed E-state index contributed by atoms with van der Waals surface area (Å²) in [5.41, 5.74) is 3.54. The van der Waals surface area contributed by atoms with Crippen molar-refractivity contribution in [1.29, 1.82) is 0 Å². The van der Waals surface area contributed by atoms with Gasteiger partial charge in [0.05, 0.1) is 34.6 Å². The van der Waals surface area contributed by atoms with Crippen LogP contribution >= 0.6 is 0 Å². The lowest BCUT2D eigenvalue weighted by molar-refractivity contribution is 0.606. The van der Waals surface area contributed by atoms with Gasteiger partial charge in [0.1, 0.15) is 12.1 Å². The summed E-state index contributed by atoms with van der Waals surface area (Å²) < 4.78 is 40.1. The Morgan fingerprint density at radius 3 is 2.58 bits per heavy atom. The molecule has 1 N–H and O–H groups in total. The Hall–Kier alpha value is -3.75. The molecule has 6 nitrogen and oxygen atoms in total. The summed E-state index contributed by atoms with van der Waals surface area (Å²) >= 11 is 0. The number of aromatic nitrogens is 3. The molecule has 3 rings (SSSR count). The number of terminal acetylenes is 1. The molecule has 8 heteroatoms. The minimum atomic E-state index is -3.46. The van der Waals surface area contributed by atoms with Crippen molar-refractivity contribution >= 4 is 15.7 Å². The van der Waals surface area contributed by atoms with Crippen molar-refractivity contribution in [2.24, 2.45) is 0 Å². The van der Waals surface area contributed by atoms with Crippen molar-refractivity contribution in [3.8, 4) is 35.4 Å². The lowest BCUT2D eigenvalue weighted by Gasteiger charge is -2.09. The molecule has 2 heterocycles. The summed E-state index contributed by atoms with van der Waals surface area (Å²) in [4.78, 5) is 12.7. The van der Waals surface area contributed by atoms with Gasteiger partial charge in [0, 0.05) is 22.9 Å². The van der Waals surface area contributed by atoms with Gasteiger partial charge in [-0.3, -0.25) is 9.71 Å². The van der Waals surface area contributed by atoms with E-state index in [-0.39, 0.29) is 5.56 Å². The van der Waals surface area contributed by atoms with Crippen LogP contribution in [0.5, 0.6) is 0 Å². The molecule has 1 aromatic carbocycles. The predicted octanol–water partition coefficient (Wildman–Crippen LogP) is 3.30. The Bertz CT molecular complexity index is 1370. The van der Waals surface area contributed by atoms with Gasteiger partial charge in [0.15, 0.2) is 0 Å². The number of aryl methyl sites for hydroxylation is 2. The van der Waals surface area contributed by atoms with Gasteiger partial charge in [0.25, 0.3) is 0 Å². The molecule has 0 spiro atoms. The topological polar surface area (TPSA) is 84.8 Å². The number of nitrogens with zero attached hydrogens (tertiary/aromatic N) is 3. The fourth-order valence-corrected chi connectivity index (χ4v) is 3.47. The van der Waals surface area contributed by atoms with E-state index in [4.69, 9.17) is 6.42 Å². The average Bonchev–Trinajstić information content (AvgIpc) is 2.73. The molecule has 3 aromatic rings. The zero-order chi connectivity index (χ0) is 22.6. The second kappa shape index (κ2) is 8.95. The van der Waals surface area contributed by atoms with Crippen LogP contribution < -0.4 is 4.72 Å². The van der Waals surface area contributed by atoms with Crippen LogP contribution in [0.3, 0.4) is 0 Å². The summed E-state index contributed by atoms with van der Waals surface area (Å²) in [7, 11) is -3.46. The Kier molecular flexibility index (Phi) is 6.33. The third-order valence-electron chi connectivity index (χ3n) is 4.36. The first kappa shape index (κ1) is 21.9. The smallest absolute Gasteiger partial charge is 0.229 e. The summed E-state index contributed by atoms with van der Waals surface area (Å²) in [6.45, 7) is 3.59. The van der Waals surface area contributed by atoms with Crippen molar-refractivity contribution in [2.45, 2.75) is 20.3 Å². The lowest BCUT2D eigenvalue weighted by atomic mass is 10.0. The number of nitrogens with one attached hydrogen (secondary N) is 1. The van der Waals surface area contributed by atoms with Gasteiger partial charge in [-0.1, -0.05) is 24.7 Å². The van der Waals surface area contributed by atoms with Crippen LogP contribution in [0.2, 0.25) is 0 Å². The monoisotopic (exact) mass is 434 g/mol. The SMILES string of the molecule is C#Cc1ccc(F)c(-c2ncnc(CC)c2C#Cc2cnc(C)c(NS(C)(=O)=O)c2)c1. The third-order valence-corrected chi connectivity index (χ3v) is 4.95. The zero-order valence-corrected chi connectivity index (χ0v) is 18.0. The van der Waals surface area contributed by atoms with Crippen molar-refractivity contribution in [2.75, 3.05) is 11.0 Å². The lowest BCUT2D eigenvalue weighted by Crippen LogP contribution is -2.11. The number of anilines is 1. The maximum Gasteiger partial charge on any atom is 0.229 e. The molecule has 156 valence electrons. The third kappa shape index (κ3) is 5.25. The molecule has 0 fully saturated rings. The molecule has 0 aliphatic carbocycles. The standard InChI is InChI=1S/C23H19FN4O2S/c1-5-16-8-10-20(24)19(11-16)23-18(21(6-2)26-14-27-23)9-7-17-12-22(15(3)25-13-17)28-31(4,29)30/h1,8,10-14,28H,6H2,2-4H3. The number of sulfonamides is 1. The van der Waals surface area contributed by atoms with Gasteiger partial charge in [-0.25, -0.2) is 22.8 Å². The van der Waals surface area contributed by atoms with E-state index < -0.39 is 15.8 Å². The highest BCUT2D eigenvalue weighted by Crippen LogP contribution is 2.26. The van der Waals surface area contributed by atoms with E-state index in [9.17, 15) is 12.8 Å². The van der Waals surface area contributed by atoms with Gasteiger partial charge in [-0.2, -0.15) is 0 Å². The number of rotatable bonds is 4. The van der Waals surface area contributed by atoms with E-state index >= 15 is 0 Å². The maximum absolute atomic E-state index is 14.6. The van der Waals surface area contributed by atoms with Gasteiger partial charge in [-0.05, 0) is 37.6 Å². The molecule has 0 saturated heterocycles. The number of pyridine rings is 1. The molecule has 0 aliphatic heterocycles. The number of hydrogen-bond acceptors (Lipinski definition) is 5. The summed E-state index contributed by atoms with van der Waals surface area (Å²) in [5.74, 6) is 7.99. The van der Waals surface area contributed by atoms with Gasteiger partial charge in [-0.15, -0.1) is 6.42 Å². The Morgan fingerprint density at radius 1 is 1.13 bits per heavy atom.